The predicted octanol–water partition coefficient (Wildman–Crippen LogP) is 5.63. The Morgan fingerprint density at radius 1 is 1.35 bits per heavy atom. The van der Waals surface area contributed by atoms with Gasteiger partial charge in [0, 0.05) is 20.6 Å². The molecular formula is C15H17BrN2S2. The number of thioether (sulfide) groups is 1. The van der Waals surface area contributed by atoms with E-state index in [1.54, 1.807) is 11.8 Å². The van der Waals surface area contributed by atoms with Crippen molar-refractivity contribution >= 4 is 39.9 Å². The van der Waals surface area contributed by atoms with Crippen LogP contribution in [0.25, 0.3) is 0 Å². The summed E-state index contributed by atoms with van der Waals surface area (Å²) >= 11 is 10.7. The molecule has 0 unspecified atom stereocenters. The van der Waals surface area contributed by atoms with Gasteiger partial charge < -0.3 is 4.98 Å². The van der Waals surface area contributed by atoms with Gasteiger partial charge in [-0.2, -0.15) is 0 Å². The van der Waals surface area contributed by atoms with E-state index in [2.05, 4.69) is 52.7 Å². The first-order valence-electron chi connectivity index (χ1n) is 6.46. The van der Waals surface area contributed by atoms with Gasteiger partial charge in [0.1, 0.15) is 10.5 Å². The molecule has 1 aromatic carbocycles. The van der Waals surface area contributed by atoms with Crippen LogP contribution in [0.2, 0.25) is 0 Å². The minimum atomic E-state index is 0.399. The molecule has 0 fully saturated rings. The molecule has 0 aliphatic carbocycles. The molecule has 1 aromatic heterocycles. The Morgan fingerprint density at radius 3 is 2.65 bits per heavy atom. The van der Waals surface area contributed by atoms with E-state index in [1.807, 2.05) is 18.2 Å². The quantitative estimate of drug-likeness (QED) is 0.560. The minimum Gasteiger partial charge on any atom is -0.346 e. The fraction of sp³-hybridized carbons (Fsp3) is 0.333. The Kier molecular flexibility index (Phi) is 5.41. The summed E-state index contributed by atoms with van der Waals surface area (Å²) < 4.78 is 1.83. The average Bonchev–Trinajstić information content (AvgIpc) is 2.36. The summed E-state index contributed by atoms with van der Waals surface area (Å²) in [7, 11) is 0. The Bertz CT molecular complexity index is 665. The third-order valence-corrected chi connectivity index (χ3v) is 5.33. The van der Waals surface area contributed by atoms with Crippen molar-refractivity contribution in [2.75, 3.05) is 0 Å². The first kappa shape index (κ1) is 15.7. The molecule has 1 N–H and O–H groups in total. The summed E-state index contributed by atoms with van der Waals surface area (Å²) in [6.45, 7) is 6.35. The number of aromatic amines is 1. The number of hydrogen-bond donors (Lipinski definition) is 1. The molecule has 0 atom stereocenters. The maximum atomic E-state index is 5.41. The Hall–Kier alpha value is -0.650. The van der Waals surface area contributed by atoms with Crippen molar-refractivity contribution in [2.45, 2.75) is 37.3 Å². The Morgan fingerprint density at radius 2 is 2.05 bits per heavy atom. The van der Waals surface area contributed by atoms with E-state index in [9.17, 15) is 0 Å². The maximum absolute atomic E-state index is 5.41. The van der Waals surface area contributed by atoms with Gasteiger partial charge in [0.2, 0.25) is 0 Å². The molecule has 2 rings (SSSR count). The van der Waals surface area contributed by atoms with Crippen LogP contribution in [-0.2, 0) is 5.75 Å². The van der Waals surface area contributed by atoms with Gasteiger partial charge >= 0.3 is 0 Å². The zero-order valence-electron chi connectivity index (χ0n) is 11.7. The fourth-order valence-electron chi connectivity index (χ4n) is 2.11. The summed E-state index contributed by atoms with van der Waals surface area (Å²) in [4.78, 5) is 9.10. The molecule has 5 heteroatoms. The topological polar surface area (TPSA) is 28.7 Å². The number of H-pyrrole nitrogens is 1. The maximum Gasteiger partial charge on any atom is 0.133 e. The lowest BCUT2D eigenvalue weighted by Crippen LogP contribution is -2.03. The molecule has 0 radical (unpaired) electrons. The minimum absolute atomic E-state index is 0.399. The van der Waals surface area contributed by atoms with E-state index in [0.29, 0.717) is 5.92 Å². The lowest BCUT2D eigenvalue weighted by atomic mass is 10.0. The molecule has 0 amide bonds. The van der Waals surface area contributed by atoms with Crippen LogP contribution < -0.4 is 0 Å². The standard InChI is InChI=1S/C15H17BrN2S2/c1-9(2)14-10(3)17-13(18-15(14)19)8-20-12-7-5-4-6-11(12)16/h4-7,9H,8H2,1-3H3,(H,17,18,19). The van der Waals surface area contributed by atoms with Crippen LogP contribution in [0.1, 0.15) is 36.8 Å². The van der Waals surface area contributed by atoms with Gasteiger partial charge in [0.25, 0.3) is 0 Å². The highest BCUT2D eigenvalue weighted by atomic mass is 79.9. The summed E-state index contributed by atoms with van der Waals surface area (Å²) in [5.41, 5.74) is 2.28. The summed E-state index contributed by atoms with van der Waals surface area (Å²) in [6, 6.07) is 8.20. The van der Waals surface area contributed by atoms with Crippen molar-refractivity contribution in [3.05, 3.63) is 50.5 Å². The molecule has 20 heavy (non-hydrogen) atoms. The number of hydrogen-bond acceptors (Lipinski definition) is 3. The third-order valence-electron chi connectivity index (χ3n) is 2.98. The number of aromatic nitrogens is 2. The molecule has 0 spiro atoms. The van der Waals surface area contributed by atoms with Crippen LogP contribution in [0, 0.1) is 11.6 Å². The lowest BCUT2D eigenvalue weighted by Gasteiger charge is -2.11. The average molecular weight is 369 g/mol. The van der Waals surface area contributed by atoms with Crippen LogP contribution in [0.4, 0.5) is 0 Å². The molecule has 1 heterocycles. The van der Waals surface area contributed by atoms with E-state index in [0.717, 1.165) is 31.9 Å². The van der Waals surface area contributed by atoms with Gasteiger partial charge in [0.05, 0.1) is 5.75 Å². The number of nitrogens with zero attached hydrogens (tertiary/aromatic N) is 1. The van der Waals surface area contributed by atoms with E-state index in [-0.39, 0.29) is 0 Å². The van der Waals surface area contributed by atoms with Crippen LogP contribution in [0.3, 0.4) is 0 Å². The van der Waals surface area contributed by atoms with Crippen LogP contribution in [0.5, 0.6) is 0 Å². The van der Waals surface area contributed by atoms with Crippen LogP contribution in [0.15, 0.2) is 33.6 Å². The lowest BCUT2D eigenvalue weighted by molar-refractivity contribution is 0.810. The van der Waals surface area contributed by atoms with E-state index in [1.165, 1.54) is 4.90 Å². The van der Waals surface area contributed by atoms with E-state index in [4.69, 9.17) is 12.2 Å². The predicted molar refractivity (Wildman–Crippen MR) is 92.0 cm³/mol. The second-order valence-electron chi connectivity index (χ2n) is 4.90. The largest absolute Gasteiger partial charge is 0.346 e. The van der Waals surface area contributed by atoms with Gasteiger partial charge in [-0.15, -0.1) is 11.8 Å². The molecule has 2 nitrogen and oxygen atoms in total. The van der Waals surface area contributed by atoms with Gasteiger partial charge in [0.15, 0.2) is 0 Å². The number of nitrogens with one attached hydrogen (secondary N) is 1. The van der Waals surface area contributed by atoms with Gasteiger partial charge in [-0.25, -0.2) is 4.98 Å². The zero-order valence-corrected chi connectivity index (χ0v) is 15.0. The fourth-order valence-corrected chi connectivity index (χ4v) is 4.05. The van der Waals surface area contributed by atoms with Crippen molar-refractivity contribution in [2.24, 2.45) is 0 Å². The second kappa shape index (κ2) is 6.87. The first-order valence-corrected chi connectivity index (χ1v) is 8.64. The molecule has 0 saturated carbocycles. The first-order chi connectivity index (χ1) is 9.49. The van der Waals surface area contributed by atoms with Crippen molar-refractivity contribution in [1.29, 1.82) is 0 Å². The number of aryl methyl sites for hydroxylation is 1. The van der Waals surface area contributed by atoms with Gasteiger partial charge in [-0.1, -0.05) is 38.2 Å². The van der Waals surface area contributed by atoms with Crippen molar-refractivity contribution in [3.63, 3.8) is 0 Å². The van der Waals surface area contributed by atoms with E-state index >= 15 is 0 Å². The highest BCUT2D eigenvalue weighted by Gasteiger charge is 2.09. The van der Waals surface area contributed by atoms with Crippen LogP contribution in [-0.4, -0.2) is 9.97 Å². The number of halogens is 1. The molecule has 2 aromatic rings. The summed E-state index contributed by atoms with van der Waals surface area (Å²) in [6.07, 6.45) is 0. The van der Waals surface area contributed by atoms with Crippen molar-refractivity contribution in [1.82, 2.24) is 9.97 Å². The Labute approximate surface area is 137 Å². The number of rotatable bonds is 4. The number of benzene rings is 1. The Balaban J connectivity index is 2.20. The molecular weight excluding hydrogens is 352 g/mol. The van der Waals surface area contributed by atoms with Crippen LogP contribution >= 0.6 is 39.9 Å². The second-order valence-corrected chi connectivity index (χ2v) is 7.16. The molecule has 0 aliphatic heterocycles. The molecule has 106 valence electrons. The zero-order chi connectivity index (χ0) is 14.7. The monoisotopic (exact) mass is 368 g/mol. The molecule has 0 saturated heterocycles. The van der Waals surface area contributed by atoms with E-state index < -0.39 is 0 Å². The highest BCUT2D eigenvalue weighted by Crippen LogP contribution is 2.29. The summed E-state index contributed by atoms with van der Waals surface area (Å²) in [5, 5.41) is 0. The third kappa shape index (κ3) is 3.71. The summed E-state index contributed by atoms with van der Waals surface area (Å²) in [5.74, 6) is 2.11. The molecule has 0 aliphatic rings. The molecule has 0 bridgehead atoms. The van der Waals surface area contributed by atoms with Crippen molar-refractivity contribution in [3.8, 4) is 0 Å². The van der Waals surface area contributed by atoms with Gasteiger partial charge in [-0.05, 0) is 40.9 Å². The van der Waals surface area contributed by atoms with Crippen molar-refractivity contribution < 1.29 is 0 Å². The SMILES string of the molecule is Cc1[nH]c(CSc2ccccc2Br)nc(=S)c1C(C)C. The highest BCUT2D eigenvalue weighted by molar-refractivity contribution is 9.10. The van der Waals surface area contributed by atoms with Gasteiger partial charge in [-0.3, -0.25) is 0 Å². The smallest absolute Gasteiger partial charge is 0.133 e. The normalized spacial score (nSPS) is 11.1.